The summed E-state index contributed by atoms with van der Waals surface area (Å²) < 4.78 is 15.2. The predicted molar refractivity (Wildman–Crippen MR) is 62.0 cm³/mol. The van der Waals surface area contributed by atoms with Gasteiger partial charge in [-0.05, 0) is 12.1 Å². The van der Waals surface area contributed by atoms with Crippen molar-refractivity contribution in [2.45, 2.75) is 18.8 Å². The van der Waals surface area contributed by atoms with Crippen LogP contribution < -0.4 is 0 Å². The highest BCUT2D eigenvalue weighted by molar-refractivity contribution is 5.90. The fourth-order valence-corrected chi connectivity index (χ4v) is 1.68. The third kappa shape index (κ3) is 2.94. The molecule has 0 bridgehead atoms. The zero-order valence-corrected chi connectivity index (χ0v) is 10.00. The first-order valence-corrected chi connectivity index (χ1v) is 5.64. The van der Waals surface area contributed by atoms with Gasteiger partial charge in [0.05, 0.1) is 12.0 Å². The molecule has 0 amide bonds. The average molecular weight is 250 g/mol. The lowest BCUT2D eigenvalue weighted by Crippen LogP contribution is -2.25. The van der Waals surface area contributed by atoms with E-state index in [1.54, 1.807) is 24.3 Å². The van der Waals surface area contributed by atoms with Gasteiger partial charge in [0.1, 0.15) is 6.61 Å². The molecule has 1 saturated heterocycles. The van der Waals surface area contributed by atoms with E-state index < -0.39 is 18.4 Å². The van der Waals surface area contributed by atoms with Crippen LogP contribution in [-0.4, -0.2) is 37.9 Å². The number of carbonyl (C=O) groups excluding carboxylic acids is 2. The van der Waals surface area contributed by atoms with Crippen LogP contribution in [0, 0.1) is 0 Å². The van der Waals surface area contributed by atoms with Gasteiger partial charge in [-0.15, -0.1) is 0 Å². The van der Waals surface area contributed by atoms with Crippen molar-refractivity contribution in [2.24, 2.45) is 0 Å². The highest BCUT2D eigenvalue weighted by Crippen LogP contribution is 2.17. The van der Waals surface area contributed by atoms with Gasteiger partial charge in [-0.2, -0.15) is 0 Å². The van der Waals surface area contributed by atoms with Crippen molar-refractivity contribution in [2.75, 3.05) is 13.7 Å². The van der Waals surface area contributed by atoms with Crippen LogP contribution in [0.25, 0.3) is 0 Å². The number of esters is 1. The maximum absolute atomic E-state index is 11.6. The molecule has 0 aliphatic carbocycles. The van der Waals surface area contributed by atoms with Gasteiger partial charge in [0.25, 0.3) is 0 Å². The Labute approximate surface area is 105 Å². The van der Waals surface area contributed by atoms with Gasteiger partial charge >= 0.3 is 5.97 Å². The molecule has 5 heteroatoms. The summed E-state index contributed by atoms with van der Waals surface area (Å²) in [6, 6.07) is 8.60. The second-order valence-electron chi connectivity index (χ2n) is 3.92. The Hall–Kier alpha value is -1.72. The van der Waals surface area contributed by atoms with Crippen LogP contribution in [0.5, 0.6) is 0 Å². The molecule has 0 N–H and O–H groups in total. The fourth-order valence-electron chi connectivity index (χ4n) is 1.68. The van der Waals surface area contributed by atoms with Gasteiger partial charge in [-0.25, -0.2) is 4.79 Å². The molecular formula is C13H14O5. The highest BCUT2D eigenvalue weighted by atomic mass is 16.7. The molecule has 1 aliphatic rings. The van der Waals surface area contributed by atoms with Gasteiger partial charge in [0.15, 0.2) is 18.2 Å². The summed E-state index contributed by atoms with van der Waals surface area (Å²) in [7, 11) is 1.47. The molecule has 2 atom stereocenters. The topological polar surface area (TPSA) is 61.8 Å². The molecule has 0 radical (unpaired) electrons. The van der Waals surface area contributed by atoms with Gasteiger partial charge in [0, 0.05) is 7.11 Å². The van der Waals surface area contributed by atoms with Gasteiger partial charge in [-0.1, -0.05) is 18.2 Å². The molecular weight excluding hydrogens is 236 g/mol. The molecule has 18 heavy (non-hydrogen) atoms. The fraction of sp³-hybridized carbons (Fsp3) is 0.385. The van der Waals surface area contributed by atoms with E-state index in [2.05, 4.69) is 0 Å². The van der Waals surface area contributed by atoms with E-state index in [0.717, 1.165) is 0 Å². The zero-order chi connectivity index (χ0) is 13.0. The minimum atomic E-state index is -0.720. The number of hydrogen-bond donors (Lipinski definition) is 0. The number of benzene rings is 1. The van der Waals surface area contributed by atoms with Gasteiger partial charge < -0.3 is 14.2 Å². The normalized spacial score (nSPS) is 23.1. The molecule has 1 fully saturated rings. The summed E-state index contributed by atoms with van der Waals surface area (Å²) >= 11 is 0. The van der Waals surface area contributed by atoms with E-state index in [0.29, 0.717) is 5.56 Å². The minimum Gasteiger partial charge on any atom is -0.459 e. The van der Waals surface area contributed by atoms with Crippen LogP contribution in [0.15, 0.2) is 30.3 Å². The number of methoxy groups -OCH3 is 1. The monoisotopic (exact) mass is 250 g/mol. The number of Topliss-reactive ketones (excluding diaryl/α,β-unsaturated/α-hetero) is 1. The van der Waals surface area contributed by atoms with E-state index in [9.17, 15) is 9.59 Å². The van der Waals surface area contributed by atoms with Crippen molar-refractivity contribution in [3.8, 4) is 0 Å². The minimum absolute atomic E-state index is 0.0770. The SMILES string of the molecule is CO[C@H]1CC(=O)[C@H](COC(=O)c2ccccc2)O1. The van der Waals surface area contributed by atoms with Crippen LogP contribution in [0.4, 0.5) is 0 Å². The molecule has 5 nitrogen and oxygen atoms in total. The van der Waals surface area contributed by atoms with E-state index in [4.69, 9.17) is 14.2 Å². The van der Waals surface area contributed by atoms with E-state index in [1.807, 2.05) is 6.07 Å². The number of ketones is 1. The third-order valence-electron chi connectivity index (χ3n) is 2.68. The summed E-state index contributed by atoms with van der Waals surface area (Å²) in [5, 5.41) is 0. The van der Waals surface area contributed by atoms with Crippen molar-refractivity contribution in [1.82, 2.24) is 0 Å². The largest absolute Gasteiger partial charge is 0.459 e. The lowest BCUT2D eigenvalue weighted by Gasteiger charge is -2.11. The smallest absolute Gasteiger partial charge is 0.338 e. The third-order valence-corrected chi connectivity index (χ3v) is 2.68. The maximum Gasteiger partial charge on any atom is 0.338 e. The first-order chi connectivity index (χ1) is 8.70. The van der Waals surface area contributed by atoms with Crippen molar-refractivity contribution < 1.29 is 23.8 Å². The first kappa shape index (κ1) is 12.7. The van der Waals surface area contributed by atoms with Crippen molar-refractivity contribution in [3.63, 3.8) is 0 Å². The molecule has 0 spiro atoms. The number of rotatable bonds is 4. The van der Waals surface area contributed by atoms with Crippen LogP contribution in [0.1, 0.15) is 16.8 Å². The van der Waals surface area contributed by atoms with E-state index in [-0.39, 0.29) is 18.8 Å². The molecule has 1 aromatic rings. The molecule has 0 aromatic heterocycles. The van der Waals surface area contributed by atoms with Crippen molar-refractivity contribution >= 4 is 11.8 Å². The van der Waals surface area contributed by atoms with Crippen LogP contribution in [0.2, 0.25) is 0 Å². The quantitative estimate of drug-likeness (QED) is 0.751. The Balaban J connectivity index is 1.85. The molecule has 1 aromatic carbocycles. The summed E-state index contributed by atoms with van der Waals surface area (Å²) in [6.07, 6.45) is -1.05. The second-order valence-corrected chi connectivity index (χ2v) is 3.92. The van der Waals surface area contributed by atoms with Crippen LogP contribution >= 0.6 is 0 Å². The first-order valence-electron chi connectivity index (χ1n) is 5.64. The molecule has 0 unspecified atom stereocenters. The second kappa shape index (κ2) is 5.75. The predicted octanol–water partition coefficient (Wildman–Crippen LogP) is 1.17. The maximum atomic E-state index is 11.6. The molecule has 2 rings (SSSR count). The number of carbonyl (C=O) groups is 2. The highest BCUT2D eigenvalue weighted by Gasteiger charge is 2.34. The summed E-state index contributed by atoms with van der Waals surface area (Å²) in [5.74, 6) is -0.574. The molecule has 1 aliphatic heterocycles. The summed E-state index contributed by atoms with van der Waals surface area (Å²) in [5.41, 5.74) is 0.450. The Bertz CT molecular complexity index is 428. The van der Waals surface area contributed by atoms with Crippen LogP contribution in [0.3, 0.4) is 0 Å². The Morgan fingerprint density at radius 3 is 2.72 bits per heavy atom. The van der Waals surface area contributed by atoms with Gasteiger partial charge in [-0.3, -0.25) is 4.79 Å². The molecule has 0 saturated carbocycles. The van der Waals surface area contributed by atoms with E-state index >= 15 is 0 Å². The Morgan fingerprint density at radius 2 is 2.11 bits per heavy atom. The Kier molecular flexibility index (Phi) is 4.07. The standard InChI is InChI=1S/C13H14O5/c1-16-12-7-10(14)11(18-12)8-17-13(15)9-5-3-2-4-6-9/h2-6,11-12H,7-8H2,1H3/t11-,12+/m0/s1. The Morgan fingerprint density at radius 1 is 1.39 bits per heavy atom. The van der Waals surface area contributed by atoms with Crippen molar-refractivity contribution in [3.05, 3.63) is 35.9 Å². The van der Waals surface area contributed by atoms with Crippen LogP contribution in [-0.2, 0) is 19.0 Å². The van der Waals surface area contributed by atoms with E-state index in [1.165, 1.54) is 7.11 Å². The zero-order valence-electron chi connectivity index (χ0n) is 10.00. The summed E-state index contributed by atoms with van der Waals surface area (Å²) in [4.78, 5) is 23.1. The average Bonchev–Trinajstić information content (AvgIpc) is 2.77. The number of hydrogen-bond acceptors (Lipinski definition) is 5. The van der Waals surface area contributed by atoms with Crippen molar-refractivity contribution in [1.29, 1.82) is 0 Å². The summed E-state index contributed by atoms with van der Waals surface area (Å²) in [6.45, 7) is -0.0770. The van der Waals surface area contributed by atoms with Gasteiger partial charge in [0.2, 0.25) is 0 Å². The number of ether oxygens (including phenoxy) is 3. The lowest BCUT2D eigenvalue weighted by atomic mass is 10.2. The lowest BCUT2D eigenvalue weighted by molar-refractivity contribution is -0.135. The molecule has 1 heterocycles. The molecule has 96 valence electrons.